The van der Waals surface area contributed by atoms with E-state index in [1.807, 2.05) is 6.07 Å². The molecule has 120 valence electrons. The first-order valence-corrected chi connectivity index (χ1v) is 6.62. The fourth-order valence-electron chi connectivity index (χ4n) is 1.67. The number of nitrogens with one attached hydrogen (secondary N) is 1. The largest absolute Gasteiger partial charge is 0.484 e. The Kier molecular flexibility index (Phi) is 5.35. The lowest BCUT2D eigenvalue weighted by molar-refractivity contribution is -0.137. The zero-order valence-electron chi connectivity index (χ0n) is 11.9. The summed E-state index contributed by atoms with van der Waals surface area (Å²) in [4.78, 5) is 11.5. The molecule has 1 amide bonds. The molecule has 0 atom stereocenters. The van der Waals surface area contributed by atoms with E-state index in [0.717, 1.165) is 18.3 Å². The highest BCUT2D eigenvalue weighted by Gasteiger charge is 2.30. The van der Waals surface area contributed by atoms with Crippen LogP contribution in [-0.4, -0.2) is 18.7 Å². The van der Waals surface area contributed by atoms with Crippen LogP contribution in [0.5, 0.6) is 5.75 Å². The van der Waals surface area contributed by atoms with E-state index < -0.39 is 17.6 Å². The second kappa shape index (κ2) is 7.44. The Morgan fingerprint density at radius 2 is 1.87 bits per heavy atom. The van der Waals surface area contributed by atoms with Crippen LogP contribution in [0.4, 0.5) is 13.2 Å². The number of carbonyl (C=O) groups excluding carboxylic acids is 1. The number of amides is 1. The molecule has 0 aliphatic carbocycles. The summed E-state index contributed by atoms with van der Waals surface area (Å²) in [6, 6.07) is 13.3. The molecule has 0 aromatic heterocycles. The van der Waals surface area contributed by atoms with E-state index in [0.29, 0.717) is 5.75 Å². The lowest BCUT2D eigenvalue weighted by atomic mass is 10.1. The van der Waals surface area contributed by atoms with Crippen LogP contribution < -0.4 is 10.2 Å². The smallest absolute Gasteiger partial charge is 0.416 e. The van der Waals surface area contributed by atoms with Crippen molar-refractivity contribution in [3.63, 3.8) is 0 Å². The molecule has 0 aliphatic rings. The molecule has 0 radical (unpaired) electrons. The molecule has 4 nitrogen and oxygen atoms in total. The molecule has 0 heterocycles. The molecule has 2 rings (SSSR count). The van der Waals surface area contributed by atoms with Crippen LogP contribution in [0, 0.1) is 0 Å². The summed E-state index contributed by atoms with van der Waals surface area (Å²) in [6.45, 7) is -0.246. The van der Waals surface area contributed by atoms with Crippen molar-refractivity contribution in [1.29, 1.82) is 0 Å². The standard InChI is InChI=1S/C16H13F3N2O2/c17-16(18,19)13-6-4-5-12(9-13)10-20-21-15(22)11-23-14-7-2-1-3-8-14/h1-10H,11H2,(H,21,22)/b20-10+. The number of hydrazone groups is 1. The second-order valence-electron chi connectivity index (χ2n) is 4.52. The molecule has 7 heteroatoms. The molecule has 23 heavy (non-hydrogen) atoms. The Hall–Kier alpha value is -2.83. The maximum Gasteiger partial charge on any atom is 0.416 e. The van der Waals surface area contributed by atoms with Crippen molar-refractivity contribution in [2.45, 2.75) is 6.18 Å². The molecule has 0 unspecified atom stereocenters. The van der Waals surface area contributed by atoms with Gasteiger partial charge in [0, 0.05) is 0 Å². The summed E-state index contributed by atoms with van der Waals surface area (Å²) in [7, 11) is 0. The monoisotopic (exact) mass is 322 g/mol. The predicted molar refractivity (Wildman–Crippen MR) is 79.1 cm³/mol. The number of benzene rings is 2. The van der Waals surface area contributed by atoms with Crippen LogP contribution in [0.15, 0.2) is 59.7 Å². The van der Waals surface area contributed by atoms with E-state index in [9.17, 15) is 18.0 Å². The number of nitrogens with zero attached hydrogens (tertiary/aromatic N) is 1. The van der Waals surface area contributed by atoms with Gasteiger partial charge in [0.05, 0.1) is 11.8 Å². The maximum atomic E-state index is 12.5. The topological polar surface area (TPSA) is 50.7 Å². The highest BCUT2D eigenvalue weighted by Crippen LogP contribution is 2.29. The fourth-order valence-corrected chi connectivity index (χ4v) is 1.67. The molecule has 1 N–H and O–H groups in total. The molecule has 2 aromatic carbocycles. The Labute approximate surface area is 130 Å². The van der Waals surface area contributed by atoms with E-state index >= 15 is 0 Å². The summed E-state index contributed by atoms with van der Waals surface area (Å²) in [6.07, 6.45) is -3.29. The van der Waals surface area contributed by atoms with E-state index in [-0.39, 0.29) is 12.2 Å². The van der Waals surface area contributed by atoms with Crippen LogP contribution in [0.2, 0.25) is 0 Å². The van der Waals surface area contributed by atoms with Gasteiger partial charge in [0.1, 0.15) is 5.75 Å². The number of ether oxygens (including phenoxy) is 1. The van der Waals surface area contributed by atoms with Crippen molar-refractivity contribution < 1.29 is 22.7 Å². The summed E-state index contributed by atoms with van der Waals surface area (Å²) >= 11 is 0. The SMILES string of the molecule is O=C(COc1ccccc1)N/N=C/c1cccc(C(F)(F)F)c1. The van der Waals surface area contributed by atoms with Gasteiger partial charge in [-0.1, -0.05) is 30.3 Å². The van der Waals surface area contributed by atoms with Gasteiger partial charge in [0.25, 0.3) is 5.91 Å². The zero-order valence-corrected chi connectivity index (χ0v) is 11.9. The van der Waals surface area contributed by atoms with Gasteiger partial charge in [-0.3, -0.25) is 4.79 Å². The minimum atomic E-state index is -4.42. The number of hydrogen-bond acceptors (Lipinski definition) is 3. The van der Waals surface area contributed by atoms with E-state index in [4.69, 9.17) is 4.74 Å². The first-order valence-electron chi connectivity index (χ1n) is 6.62. The van der Waals surface area contributed by atoms with Gasteiger partial charge in [0.2, 0.25) is 0 Å². The van der Waals surface area contributed by atoms with Crippen molar-refractivity contribution >= 4 is 12.1 Å². The normalized spacial score (nSPS) is 11.4. The molecule has 0 aliphatic heterocycles. The summed E-state index contributed by atoms with van der Waals surface area (Å²) in [5, 5.41) is 3.61. The van der Waals surface area contributed by atoms with Crippen LogP contribution in [0.3, 0.4) is 0 Å². The van der Waals surface area contributed by atoms with E-state index in [1.165, 1.54) is 12.1 Å². The maximum absolute atomic E-state index is 12.5. The quantitative estimate of drug-likeness (QED) is 0.679. The third kappa shape index (κ3) is 5.46. The van der Waals surface area contributed by atoms with E-state index in [1.54, 1.807) is 24.3 Å². The highest BCUT2D eigenvalue weighted by atomic mass is 19.4. The molecule has 2 aromatic rings. The second-order valence-corrected chi connectivity index (χ2v) is 4.52. The number of halogens is 3. The Morgan fingerprint density at radius 3 is 2.57 bits per heavy atom. The van der Waals surface area contributed by atoms with Crippen molar-refractivity contribution in [2.75, 3.05) is 6.61 Å². The zero-order chi connectivity index (χ0) is 16.7. The molecule has 0 saturated heterocycles. The van der Waals surface area contributed by atoms with Crippen LogP contribution in [-0.2, 0) is 11.0 Å². The lowest BCUT2D eigenvalue weighted by Crippen LogP contribution is -2.24. The molecular formula is C16H13F3N2O2. The highest BCUT2D eigenvalue weighted by molar-refractivity contribution is 5.83. The first-order chi connectivity index (χ1) is 10.9. The number of rotatable bonds is 5. The predicted octanol–water partition coefficient (Wildman–Crippen LogP) is 3.23. The molecule has 0 spiro atoms. The van der Waals surface area contributed by atoms with Gasteiger partial charge >= 0.3 is 6.18 Å². The van der Waals surface area contributed by atoms with Gasteiger partial charge in [-0.25, -0.2) is 5.43 Å². The minimum absolute atomic E-state index is 0.226. The van der Waals surface area contributed by atoms with Crippen LogP contribution in [0.1, 0.15) is 11.1 Å². The number of carbonyl (C=O) groups is 1. The average Bonchev–Trinajstić information content (AvgIpc) is 2.53. The molecule has 0 bridgehead atoms. The summed E-state index contributed by atoms with van der Waals surface area (Å²) < 4.78 is 42.8. The lowest BCUT2D eigenvalue weighted by Gasteiger charge is -2.06. The van der Waals surface area contributed by atoms with Gasteiger partial charge in [0.15, 0.2) is 6.61 Å². The summed E-state index contributed by atoms with van der Waals surface area (Å²) in [5.41, 5.74) is 1.63. The third-order valence-corrected chi connectivity index (χ3v) is 2.73. The fraction of sp³-hybridized carbons (Fsp3) is 0.125. The molecular weight excluding hydrogens is 309 g/mol. The Bertz CT molecular complexity index is 685. The Balaban J connectivity index is 1.85. The third-order valence-electron chi connectivity index (χ3n) is 2.73. The number of hydrogen-bond donors (Lipinski definition) is 1. The van der Waals surface area contributed by atoms with Crippen molar-refractivity contribution in [3.8, 4) is 5.75 Å². The van der Waals surface area contributed by atoms with E-state index in [2.05, 4.69) is 10.5 Å². The van der Waals surface area contributed by atoms with Gasteiger partial charge < -0.3 is 4.74 Å². The Morgan fingerprint density at radius 1 is 1.13 bits per heavy atom. The van der Waals surface area contributed by atoms with Crippen LogP contribution in [0.25, 0.3) is 0 Å². The van der Waals surface area contributed by atoms with Gasteiger partial charge in [-0.2, -0.15) is 18.3 Å². The number of alkyl halides is 3. The van der Waals surface area contributed by atoms with Crippen LogP contribution >= 0.6 is 0 Å². The average molecular weight is 322 g/mol. The minimum Gasteiger partial charge on any atom is -0.484 e. The van der Waals surface area contributed by atoms with Crippen molar-refractivity contribution in [3.05, 3.63) is 65.7 Å². The molecule has 0 saturated carbocycles. The van der Waals surface area contributed by atoms with Crippen molar-refractivity contribution in [1.82, 2.24) is 5.43 Å². The van der Waals surface area contributed by atoms with Gasteiger partial charge in [-0.05, 0) is 29.8 Å². The molecule has 0 fully saturated rings. The van der Waals surface area contributed by atoms with Crippen molar-refractivity contribution in [2.24, 2.45) is 5.10 Å². The number of para-hydroxylation sites is 1. The summed E-state index contributed by atoms with van der Waals surface area (Å²) in [5.74, 6) is 0.0154. The van der Waals surface area contributed by atoms with Gasteiger partial charge in [-0.15, -0.1) is 0 Å². The first kappa shape index (κ1) is 16.5.